The van der Waals surface area contributed by atoms with E-state index in [1.54, 1.807) is 0 Å². The second kappa shape index (κ2) is 6.48. The van der Waals surface area contributed by atoms with Gasteiger partial charge in [0.1, 0.15) is 5.91 Å². The van der Waals surface area contributed by atoms with Crippen LogP contribution in [0.1, 0.15) is 39.0 Å². The highest BCUT2D eigenvalue weighted by Gasteiger charge is 1.95. The highest BCUT2D eigenvalue weighted by Crippen LogP contribution is 2.12. The normalized spacial score (nSPS) is 13.7. The molecule has 2 atom stereocenters. The molecule has 0 saturated carbocycles. The van der Waals surface area contributed by atoms with Crippen molar-refractivity contribution in [3.8, 4) is 0 Å². The largest absolute Gasteiger partial charge is 0.243 e. The maximum absolute atomic E-state index is 12.1. The molecule has 0 amide bonds. The summed E-state index contributed by atoms with van der Waals surface area (Å²) in [7, 11) is 2.18. The summed E-state index contributed by atoms with van der Waals surface area (Å²) in [5.74, 6) is -0.679. The van der Waals surface area contributed by atoms with Crippen LogP contribution in [0.2, 0.25) is 0 Å². The van der Waals surface area contributed by atoms with Gasteiger partial charge in [-0.15, -0.1) is 9.24 Å². The summed E-state index contributed by atoms with van der Waals surface area (Å²) < 4.78 is 12.1. The van der Waals surface area contributed by atoms with Crippen LogP contribution < -0.4 is 0 Å². The molecule has 0 aromatic heterocycles. The second-order valence-electron chi connectivity index (χ2n) is 2.37. The molecular formula is C7H16FP. The molecule has 0 rings (SSSR count). The van der Waals surface area contributed by atoms with E-state index in [0.29, 0.717) is 6.42 Å². The van der Waals surface area contributed by atoms with Gasteiger partial charge in [0.25, 0.3) is 0 Å². The van der Waals surface area contributed by atoms with Crippen LogP contribution in [-0.4, -0.2) is 5.91 Å². The first-order chi connectivity index (χ1) is 4.27. The first kappa shape index (κ1) is 9.36. The van der Waals surface area contributed by atoms with Gasteiger partial charge in [-0.1, -0.05) is 32.6 Å². The highest BCUT2D eigenvalue weighted by molar-refractivity contribution is 7.17. The van der Waals surface area contributed by atoms with Gasteiger partial charge in [0, 0.05) is 0 Å². The number of alkyl halides is 1. The van der Waals surface area contributed by atoms with Gasteiger partial charge in [-0.25, -0.2) is 4.39 Å². The third-order valence-electron chi connectivity index (χ3n) is 1.33. The lowest BCUT2D eigenvalue weighted by atomic mass is 10.2. The third kappa shape index (κ3) is 8.36. The number of hydrogen-bond acceptors (Lipinski definition) is 0. The monoisotopic (exact) mass is 150 g/mol. The van der Waals surface area contributed by atoms with Crippen molar-refractivity contribution in [2.75, 3.05) is 0 Å². The molecule has 0 aliphatic rings. The molecule has 0 saturated heterocycles. The van der Waals surface area contributed by atoms with Gasteiger partial charge in [0.05, 0.1) is 0 Å². The predicted molar refractivity (Wildman–Crippen MR) is 43.4 cm³/mol. The topological polar surface area (TPSA) is 0 Å². The zero-order chi connectivity index (χ0) is 7.11. The lowest BCUT2D eigenvalue weighted by Crippen LogP contribution is -1.86. The molecule has 0 radical (unpaired) electrons. The summed E-state index contributed by atoms with van der Waals surface area (Å²) in [4.78, 5) is 0. The van der Waals surface area contributed by atoms with Gasteiger partial charge in [0.15, 0.2) is 0 Å². The fraction of sp³-hybridized carbons (Fsp3) is 1.00. The second-order valence-corrected chi connectivity index (χ2v) is 3.09. The van der Waals surface area contributed by atoms with Crippen molar-refractivity contribution in [3.63, 3.8) is 0 Å². The van der Waals surface area contributed by atoms with E-state index in [4.69, 9.17) is 0 Å². The van der Waals surface area contributed by atoms with E-state index in [9.17, 15) is 4.39 Å². The summed E-state index contributed by atoms with van der Waals surface area (Å²) in [5, 5.41) is 0. The zero-order valence-electron chi connectivity index (χ0n) is 6.07. The number of halogens is 1. The van der Waals surface area contributed by atoms with Crippen molar-refractivity contribution in [2.24, 2.45) is 0 Å². The standard InChI is InChI=1S/C7H16FP/c1-2-3-4-5-6-7(8)9/h7H,2-6,9H2,1H3. The Bertz CT molecular complexity index is 54.9. The minimum Gasteiger partial charge on any atom is -0.243 e. The number of hydrogen-bond donors (Lipinski definition) is 0. The molecule has 0 spiro atoms. The zero-order valence-corrected chi connectivity index (χ0v) is 7.22. The van der Waals surface area contributed by atoms with Crippen molar-refractivity contribution in [3.05, 3.63) is 0 Å². The van der Waals surface area contributed by atoms with Gasteiger partial charge in [0.2, 0.25) is 0 Å². The van der Waals surface area contributed by atoms with Crippen molar-refractivity contribution in [1.29, 1.82) is 0 Å². The molecule has 0 aliphatic heterocycles. The van der Waals surface area contributed by atoms with Crippen LogP contribution in [0.5, 0.6) is 0 Å². The molecule has 0 bridgehead atoms. The molecule has 0 heterocycles. The average molecular weight is 150 g/mol. The maximum atomic E-state index is 12.1. The Hall–Kier alpha value is 0.360. The van der Waals surface area contributed by atoms with Gasteiger partial charge < -0.3 is 0 Å². The van der Waals surface area contributed by atoms with Crippen LogP contribution in [0.3, 0.4) is 0 Å². The van der Waals surface area contributed by atoms with Crippen molar-refractivity contribution < 1.29 is 4.39 Å². The molecule has 9 heavy (non-hydrogen) atoms. The third-order valence-corrected chi connectivity index (χ3v) is 1.67. The highest BCUT2D eigenvalue weighted by atomic mass is 31.0. The van der Waals surface area contributed by atoms with Gasteiger partial charge in [-0.2, -0.15) is 0 Å². The fourth-order valence-electron chi connectivity index (χ4n) is 0.766. The molecule has 0 fully saturated rings. The van der Waals surface area contributed by atoms with E-state index >= 15 is 0 Å². The molecule has 0 aliphatic carbocycles. The summed E-state index contributed by atoms with van der Waals surface area (Å²) in [6.45, 7) is 2.16. The van der Waals surface area contributed by atoms with Crippen molar-refractivity contribution >= 4 is 9.24 Å². The average Bonchev–Trinajstić information content (AvgIpc) is 1.80. The molecule has 0 aromatic rings. The Morgan fingerprint density at radius 2 is 2.00 bits per heavy atom. The smallest absolute Gasteiger partial charge is 0.113 e. The van der Waals surface area contributed by atoms with Gasteiger partial charge >= 0.3 is 0 Å². The molecule has 2 unspecified atom stereocenters. The van der Waals surface area contributed by atoms with E-state index in [0.717, 1.165) is 6.42 Å². The predicted octanol–water partition coefficient (Wildman–Crippen LogP) is 3.13. The molecule has 0 N–H and O–H groups in total. The molecule has 0 aromatic carbocycles. The van der Waals surface area contributed by atoms with Crippen molar-refractivity contribution in [2.45, 2.75) is 44.9 Å². The summed E-state index contributed by atoms with van der Waals surface area (Å²) in [5.41, 5.74) is 0. The minimum absolute atomic E-state index is 0.679. The Balaban J connectivity index is 2.75. The Kier molecular flexibility index (Phi) is 6.74. The minimum atomic E-state index is -0.679. The number of unbranched alkanes of at least 4 members (excludes halogenated alkanes) is 3. The van der Waals surface area contributed by atoms with Crippen LogP contribution >= 0.6 is 9.24 Å². The summed E-state index contributed by atoms with van der Waals surface area (Å²) in [6.07, 6.45) is 5.42. The van der Waals surface area contributed by atoms with Crippen LogP contribution in [0.15, 0.2) is 0 Å². The quantitative estimate of drug-likeness (QED) is 0.417. The van der Waals surface area contributed by atoms with Crippen molar-refractivity contribution in [1.82, 2.24) is 0 Å². The lowest BCUT2D eigenvalue weighted by Gasteiger charge is -1.98. The van der Waals surface area contributed by atoms with Gasteiger partial charge in [-0.3, -0.25) is 0 Å². The molecule has 56 valence electrons. The van der Waals surface area contributed by atoms with Crippen LogP contribution in [-0.2, 0) is 0 Å². The Morgan fingerprint density at radius 3 is 2.44 bits per heavy atom. The van der Waals surface area contributed by atoms with E-state index in [-0.39, 0.29) is 0 Å². The number of rotatable bonds is 5. The lowest BCUT2D eigenvalue weighted by molar-refractivity contribution is 0.412. The molecule has 2 heteroatoms. The van der Waals surface area contributed by atoms with E-state index < -0.39 is 5.91 Å². The summed E-state index contributed by atoms with van der Waals surface area (Å²) in [6, 6.07) is 0. The Morgan fingerprint density at radius 1 is 1.33 bits per heavy atom. The van der Waals surface area contributed by atoms with Gasteiger partial charge in [-0.05, 0) is 6.42 Å². The first-order valence-electron chi connectivity index (χ1n) is 3.67. The molecule has 0 nitrogen and oxygen atoms in total. The van der Waals surface area contributed by atoms with E-state index in [1.165, 1.54) is 19.3 Å². The van der Waals surface area contributed by atoms with Crippen LogP contribution in [0.4, 0.5) is 4.39 Å². The Labute approximate surface area is 59.4 Å². The van der Waals surface area contributed by atoms with E-state index in [2.05, 4.69) is 16.2 Å². The maximum Gasteiger partial charge on any atom is 0.113 e. The summed E-state index contributed by atoms with van der Waals surface area (Å²) >= 11 is 0. The SMILES string of the molecule is CCCCCCC(F)P. The van der Waals surface area contributed by atoms with Crippen LogP contribution in [0, 0.1) is 0 Å². The molecular weight excluding hydrogens is 134 g/mol. The fourth-order valence-corrected chi connectivity index (χ4v) is 1.00. The van der Waals surface area contributed by atoms with E-state index in [1.807, 2.05) is 0 Å². The first-order valence-corrected chi connectivity index (χ1v) is 4.33. The van der Waals surface area contributed by atoms with Crippen LogP contribution in [0.25, 0.3) is 0 Å².